The number of thioether (sulfide) groups is 1. The van der Waals surface area contributed by atoms with E-state index in [4.69, 9.17) is 27.9 Å². The normalized spacial score (nSPS) is 15.6. The first-order valence-electron chi connectivity index (χ1n) is 12.0. The minimum Gasteiger partial charge on any atom is -0.372 e. The number of fused-ring (bicyclic) bond motifs is 5. The van der Waals surface area contributed by atoms with Gasteiger partial charge in [0.25, 0.3) is 5.56 Å². The van der Waals surface area contributed by atoms with Crippen molar-refractivity contribution in [3.8, 4) is 0 Å². The third-order valence-corrected chi connectivity index (χ3v) is 9.63. The Bertz CT molecular complexity index is 1680. The van der Waals surface area contributed by atoms with Crippen molar-refractivity contribution in [1.29, 1.82) is 0 Å². The molecule has 1 atom stereocenters. The van der Waals surface area contributed by atoms with Gasteiger partial charge in [-0.05, 0) is 34.7 Å². The maximum absolute atomic E-state index is 14.0. The van der Waals surface area contributed by atoms with Crippen LogP contribution in [0.15, 0.2) is 58.5 Å². The molecular weight excluding hydrogens is 547 g/mol. The first kappa shape index (κ1) is 24.9. The van der Waals surface area contributed by atoms with Crippen molar-refractivity contribution in [3.63, 3.8) is 0 Å². The zero-order valence-electron chi connectivity index (χ0n) is 20.3. The van der Waals surface area contributed by atoms with Crippen molar-refractivity contribution in [2.24, 2.45) is 5.92 Å². The average molecular weight is 572 g/mol. The molecule has 3 aromatic heterocycles. The van der Waals surface area contributed by atoms with Gasteiger partial charge in [-0.2, -0.15) is 0 Å². The van der Waals surface area contributed by atoms with Gasteiger partial charge in [-0.3, -0.25) is 9.36 Å². The molecule has 0 spiro atoms. The quantitative estimate of drug-likeness (QED) is 0.209. The van der Waals surface area contributed by atoms with Gasteiger partial charge in [0.05, 0.1) is 34.7 Å². The van der Waals surface area contributed by atoms with E-state index < -0.39 is 0 Å². The van der Waals surface area contributed by atoms with E-state index in [9.17, 15) is 4.79 Å². The van der Waals surface area contributed by atoms with E-state index in [1.807, 2.05) is 46.9 Å². The SMILES string of the molecule is CC(C)[C@H]1Cc2c(sc3c2c(=O)n(Cc2ccccc2)c2nnc(SCc4ccc(Cl)c(Cl)c4)n32)CO1. The number of rotatable bonds is 6. The molecular formula is C27H24Cl2N4O2S2. The summed E-state index contributed by atoms with van der Waals surface area (Å²) in [6, 6.07) is 15.6. The second-order valence-electron chi connectivity index (χ2n) is 9.51. The van der Waals surface area contributed by atoms with E-state index in [-0.39, 0.29) is 11.7 Å². The van der Waals surface area contributed by atoms with E-state index in [1.165, 1.54) is 0 Å². The van der Waals surface area contributed by atoms with Crippen molar-refractivity contribution in [2.75, 3.05) is 0 Å². The minimum absolute atomic E-state index is 0.0262. The van der Waals surface area contributed by atoms with Gasteiger partial charge >= 0.3 is 0 Å². The van der Waals surface area contributed by atoms with Gasteiger partial charge in [0.2, 0.25) is 5.78 Å². The highest BCUT2D eigenvalue weighted by atomic mass is 35.5. The molecule has 37 heavy (non-hydrogen) atoms. The molecule has 0 saturated carbocycles. The third-order valence-electron chi connectivity index (χ3n) is 6.70. The molecule has 6 nitrogen and oxygen atoms in total. The summed E-state index contributed by atoms with van der Waals surface area (Å²) in [7, 11) is 0. The Kier molecular flexibility index (Phi) is 6.79. The zero-order valence-corrected chi connectivity index (χ0v) is 23.4. The maximum Gasteiger partial charge on any atom is 0.264 e. The van der Waals surface area contributed by atoms with Gasteiger partial charge in [-0.1, -0.05) is 85.2 Å². The fraction of sp³-hybridized carbons (Fsp3) is 0.296. The molecule has 0 radical (unpaired) electrons. The summed E-state index contributed by atoms with van der Waals surface area (Å²) in [4.78, 5) is 16.0. The second kappa shape index (κ2) is 10.1. The van der Waals surface area contributed by atoms with Gasteiger partial charge in [0, 0.05) is 17.1 Å². The summed E-state index contributed by atoms with van der Waals surface area (Å²) >= 11 is 15.5. The summed E-state index contributed by atoms with van der Waals surface area (Å²) in [5, 5.41) is 11.6. The van der Waals surface area contributed by atoms with Crippen LogP contribution in [0.2, 0.25) is 10.0 Å². The Hall–Kier alpha value is -2.36. The Morgan fingerprint density at radius 2 is 1.92 bits per heavy atom. The molecule has 190 valence electrons. The van der Waals surface area contributed by atoms with Gasteiger partial charge in [0.1, 0.15) is 4.83 Å². The summed E-state index contributed by atoms with van der Waals surface area (Å²) in [5.41, 5.74) is 3.14. The number of aromatic nitrogens is 4. The van der Waals surface area contributed by atoms with Crippen molar-refractivity contribution in [1.82, 2.24) is 19.2 Å². The fourth-order valence-corrected chi connectivity index (χ4v) is 7.19. The topological polar surface area (TPSA) is 61.4 Å². The number of nitrogens with zero attached hydrogens (tertiary/aromatic N) is 4. The van der Waals surface area contributed by atoms with Crippen molar-refractivity contribution in [2.45, 2.75) is 50.4 Å². The Morgan fingerprint density at radius 3 is 2.68 bits per heavy atom. The Balaban J connectivity index is 1.51. The van der Waals surface area contributed by atoms with Crippen molar-refractivity contribution in [3.05, 3.63) is 90.5 Å². The fourth-order valence-electron chi connectivity index (χ4n) is 4.70. The molecule has 5 aromatic rings. The standard InChI is InChI=1S/C27H24Cl2N4O2S2/c1-15(2)21-11-18-22(13-35-21)37-25-23(18)24(34)32(12-16-6-4-3-5-7-16)26-30-31-27(33(25)26)36-14-17-8-9-19(28)20(29)10-17/h3-10,15,21H,11-14H2,1-2H3/t21-/m1/s1. The molecule has 2 aromatic carbocycles. The van der Waals surface area contributed by atoms with Crippen LogP contribution in [0.3, 0.4) is 0 Å². The predicted molar refractivity (Wildman–Crippen MR) is 151 cm³/mol. The molecule has 10 heteroatoms. The van der Waals surface area contributed by atoms with E-state index in [2.05, 4.69) is 24.0 Å². The van der Waals surface area contributed by atoms with Crippen LogP contribution in [0.1, 0.15) is 35.4 Å². The molecule has 0 aliphatic carbocycles. The summed E-state index contributed by atoms with van der Waals surface area (Å²) in [5.74, 6) is 1.55. The van der Waals surface area contributed by atoms with Crippen LogP contribution < -0.4 is 5.56 Å². The minimum atomic E-state index is -0.0262. The molecule has 6 rings (SSSR count). The monoisotopic (exact) mass is 570 g/mol. The predicted octanol–water partition coefficient (Wildman–Crippen LogP) is 6.85. The first-order chi connectivity index (χ1) is 17.9. The molecule has 0 fully saturated rings. The van der Waals surface area contributed by atoms with E-state index >= 15 is 0 Å². The molecule has 1 aliphatic rings. The van der Waals surface area contributed by atoms with Crippen LogP contribution in [-0.2, 0) is 30.1 Å². The number of hydrogen-bond donors (Lipinski definition) is 0. The molecule has 0 N–H and O–H groups in total. The number of benzene rings is 2. The van der Waals surface area contributed by atoms with Crippen LogP contribution in [0, 0.1) is 5.92 Å². The molecule has 0 saturated heterocycles. The van der Waals surface area contributed by atoms with Gasteiger partial charge in [-0.15, -0.1) is 21.5 Å². The molecule has 0 amide bonds. The highest BCUT2D eigenvalue weighted by Crippen LogP contribution is 2.38. The number of hydrogen-bond acceptors (Lipinski definition) is 6. The van der Waals surface area contributed by atoms with Gasteiger partial charge in [-0.25, -0.2) is 4.40 Å². The van der Waals surface area contributed by atoms with Gasteiger partial charge in [0.15, 0.2) is 5.16 Å². The lowest BCUT2D eigenvalue weighted by Crippen LogP contribution is -2.28. The largest absolute Gasteiger partial charge is 0.372 e. The lowest BCUT2D eigenvalue weighted by Gasteiger charge is -2.26. The maximum atomic E-state index is 14.0. The van der Waals surface area contributed by atoms with E-state index in [0.29, 0.717) is 40.6 Å². The number of thiophene rings is 1. The smallest absolute Gasteiger partial charge is 0.264 e. The van der Waals surface area contributed by atoms with Crippen molar-refractivity contribution >= 4 is 62.3 Å². The van der Waals surface area contributed by atoms with Crippen LogP contribution in [0.25, 0.3) is 16.0 Å². The van der Waals surface area contributed by atoms with E-state index in [1.54, 1.807) is 33.7 Å². The molecule has 1 aliphatic heterocycles. The summed E-state index contributed by atoms with van der Waals surface area (Å²) < 4.78 is 9.93. The Labute approximate surface area is 232 Å². The zero-order chi connectivity index (χ0) is 25.7. The molecule has 4 heterocycles. The van der Waals surface area contributed by atoms with Gasteiger partial charge < -0.3 is 4.74 Å². The highest BCUT2D eigenvalue weighted by molar-refractivity contribution is 7.98. The van der Waals surface area contributed by atoms with Crippen LogP contribution in [-0.4, -0.2) is 25.3 Å². The van der Waals surface area contributed by atoms with Crippen LogP contribution >= 0.6 is 46.3 Å². The first-order valence-corrected chi connectivity index (χ1v) is 14.6. The highest BCUT2D eigenvalue weighted by Gasteiger charge is 2.30. The molecule has 0 unspecified atom stereocenters. The molecule has 0 bridgehead atoms. The number of halogens is 2. The van der Waals surface area contributed by atoms with E-state index in [0.717, 1.165) is 43.4 Å². The Morgan fingerprint density at radius 1 is 1.11 bits per heavy atom. The third kappa shape index (κ3) is 4.59. The number of ether oxygens (including phenoxy) is 1. The average Bonchev–Trinajstić information content (AvgIpc) is 3.49. The lowest BCUT2D eigenvalue weighted by molar-refractivity contribution is 0.00200. The van der Waals surface area contributed by atoms with Crippen LogP contribution in [0.5, 0.6) is 0 Å². The summed E-state index contributed by atoms with van der Waals surface area (Å²) in [6.45, 7) is 5.26. The second-order valence-corrected chi connectivity index (χ2v) is 12.4. The van der Waals surface area contributed by atoms with Crippen LogP contribution in [0.4, 0.5) is 0 Å². The lowest BCUT2D eigenvalue weighted by atomic mass is 9.96. The summed E-state index contributed by atoms with van der Waals surface area (Å²) in [6.07, 6.45) is 0.819. The van der Waals surface area contributed by atoms with Crippen molar-refractivity contribution < 1.29 is 4.74 Å².